The van der Waals surface area contributed by atoms with Crippen molar-refractivity contribution in [2.75, 3.05) is 51.3 Å². The first-order valence-electron chi connectivity index (χ1n) is 11.7. The average molecular weight is 491 g/mol. The van der Waals surface area contributed by atoms with Gasteiger partial charge in [0.15, 0.2) is 0 Å². The molecule has 182 valence electrons. The van der Waals surface area contributed by atoms with Gasteiger partial charge in [0, 0.05) is 48.2 Å². The molecule has 1 amide bonds. The number of hydrogen-bond acceptors (Lipinski definition) is 7. The number of carbonyl (C=O) groups excluding carboxylic acids is 1. The summed E-state index contributed by atoms with van der Waals surface area (Å²) in [5, 5.41) is 32.8. The van der Waals surface area contributed by atoms with Crippen LogP contribution in [0.1, 0.15) is 11.8 Å². The van der Waals surface area contributed by atoms with Crippen molar-refractivity contribution in [3.8, 4) is 16.5 Å². The molecule has 0 saturated carbocycles. The molecule has 0 radical (unpaired) electrons. The predicted octanol–water partition coefficient (Wildman–Crippen LogP) is 3.09. The molecular formula is C27H30N4O3S. The summed E-state index contributed by atoms with van der Waals surface area (Å²) in [6, 6.07) is 18.9. The zero-order valence-electron chi connectivity index (χ0n) is 20.0. The van der Waals surface area contributed by atoms with Crippen LogP contribution in [-0.4, -0.2) is 73.5 Å². The number of piperazine rings is 1. The number of fused-ring (bicyclic) bond motifs is 1. The highest BCUT2D eigenvalue weighted by molar-refractivity contribution is 7.16. The number of amides is 1. The second-order valence-corrected chi connectivity index (χ2v) is 9.94. The molecule has 1 saturated heterocycles. The highest BCUT2D eigenvalue weighted by Gasteiger charge is 2.17. The van der Waals surface area contributed by atoms with Crippen LogP contribution in [0.15, 0.2) is 54.1 Å². The lowest BCUT2D eigenvalue weighted by atomic mass is 10.0. The number of thiophene rings is 1. The molecule has 2 aromatic carbocycles. The fourth-order valence-electron chi connectivity index (χ4n) is 4.13. The first-order chi connectivity index (χ1) is 16.9. The number of carbonyl (C=O) groups is 1. The van der Waals surface area contributed by atoms with Gasteiger partial charge in [-0.25, -0.2) is 0 Å². The van der Waals surface area contributed by atoms with Gasteiger partial charge in [-0.15, -0.1) is 11.3 Å². The summed E-state index contributed by atoms with van der Waals surface area (Å²) in [5.74, 6) is -0.561. The minimum Gasteiger partial charge on any atom is -0.394 e. The molecule has 7 nitrogen and oxygen atoms in total. The third kappa shape index (κ3) is 5.72. The molecule has 3 aromatic rings. The van der Waals surface area contributed by atoms with Crippen LogP contribution in [-0.2, 0) is 4.79 Å². The Bertz CT molecular complexity index is 1290. The number of nitrogens with one attached hydrogen (secondary N) is 1. The van der Waals surface area contributed by atoms with E-state index in [0.29, 0.717) is 5.57 Å². The Morgan fingerprint density at radius 2 is 1.83 bits per heavy atom. The fourth-order valence-corrected chi connectivity index (χ4v) is 5.14. The Hall–Kier alpha value is -3.22. The van der Waals surface area contributed by atoms with E-state index < -0.39 is 18.6 Å². The van der Waals surface area contributed by atoms with Crippen LogP contribution in [0.5, 0.6) is 0 Å². The van der Waals surface area contributed by atoms with Gasteiger partial charge in [-0.2, -0.15) is 5.26 Å². The standard InChI is InChI=1S/C27H30N4O3S/c1-18(24(15-28)27(34)29-16-23(33)17-32)25-7-8-26(35-25)21-4-3-20-14-22(6-5-19(20)13-21)31-11-9-30(2)10-12-31/h3-8,13-14,23,32-33H,9-12,16-17H2,1-2H3,(H,29,34). The maximum absolute atomic E-state index is 12.4. The molecule has 8 heteroatoms. The van der Waals surface area contributed by atoms with E-state index in [1.54, 1.807) is 6.92 Å². The lowest BCUT2D eigenvalue weighted by molar-refractivity contribution is -0.117. The number of rotatable bonds is 7. The van der Waals surface area contributed by atoms with Crippen LogP contribution in [0.3, 0.4) is 0 Å². The van der Waals surface area contributed by atoms with E-state index in [1.807, 2.05) is 18.2 Å². The van der Waals surface area contributed by atoms with E-state index in [1.165, 1.54) is 27.8 Å². The minimum atomic E-state index is -1.06. The van der Waals surface area contributed by atoms with Crippen LogP contribution < -0.4 is 10.2 Å². The highest BCUT2D eigenvalue weighted by Crippen LogP contribution is 2.35. The highest BCUT2D eigenvalue weighted by atomic mass is 32.1. The molecule has 4 rings (SSSR count). The number of hydrogen-bond donors (Lipinski definition) is 3. The first kappa shape index (κ1) is 24.9. The average Bonchev–Trinajstić information content (AvgIpc) is 3.38. The van der Waals surface area contributed by atoms with E-state index in [2.05, 4.69) is 58.6 Å². The second kappa shape index (κ2) is 11.0. The summed E-state index contributed by atoms with van der Waals surface area (Å²) in [7, 11) is 2.16. The van der Waals surface area contributed by atoms with Gasteiger partial charge in [0.2, 0.25) is 0 Å². The van der Waals surface area contributed by atoms with Gasteiger partial charge in [-0.05, 0) is 66.2 Å². The summed E-state index contributed by atoms with van der Waals surface area (Å²) in [6.07, 6.45) is -1.06. The zero-order chi connectivity index (χ0) is 24.9. The van der Waals surface area contributed by atoms with E-state index in [9.17, 15) is 15.2 Å². The molecule has 0 bridgehead atoms. The normalized spacial score (nSPS) is 16.0. The van der Waals surface area contributed by atoms with Crippen molar-refractivity contribution in [2.45, 2.75) is 13.0 Å². The molecule has 0 spiro atoms. The maximum Gasteiger partial charge on any atom is 0.262 e. The zero-order valence-corrected chi connectivity index (χ0v) is 20.8. The molecule has 1 unspecified atom stereocenters. The van der Waals surface area contributed by atoms with Gasteiger partial charge < -0.3 is 25.3 Å². The van der Waals surface area contributed by atoms with Crippen LogP contribution >= 0.6 is 11.3 Å². The van der Waals surface area contributed by atoms with Gasteiger partial charge in [-0.3, -0.25) is 4.79 Å². The second-order valence-electron chi connectivity index (χ2n) is 8.86. The van der Waals surface area contributed by atoms with Gasteiger partial charge in [0.05, 0.1) is 12.7 Å². The summed E-state index contributed by atoms with van der Waals surface area (Å²) >= 11 is 1.53. The Kier molecular flexibility index (Phi) is 7.83. The monoisotopic (exact) mass is 490 g/mol. The topological polar surface area (TPSA) is 99.8 Å². The van der Waals surface area contributed by atoms with Crippen molar-refractivity contribution in [1.82, 2.24) is 10.2 Å². The molecule has 1 atom stereocenters. The fraction of sp³-hybridized carbons (Fsp3) is 0.333. The van der Waals surface area contributed by atoms with Gasteiger partial charge >= 0.3 is 0 Å². The molecule has 3 N–H and O–H groups in total. The molecule has 1 aliphatic heterocycles. The molecular weight excluding hydrogens is 460 g/mol. The van der Waals surface area contributed by atoms with E-state index in [4.69, 9.17) is 5.11 Å². The predicted molar refractivity (Wildman–Crippen MR) is 141 cm³/mol. The third-order valence-corrected chi connectivity index (χ3v) is 7.63. The molecule has 1 aliphatic rings. The summed E-state index contributed by atoms with van der Waals surface area (Å²) < 4.78 is 0. The Morgan fingerprint density at radius 1 is 1.11 bits per heavy atom. The van der Waals surface area contributed by atoms with Crippen molar-refractivity contribution in [3.63, 3.8) is 0 Å². The van der Waals surface area contributed by atoms with Crippen LogP contribution in [0.2, 0.25) is 0 Å². The number of nitriles is 1. The summed E-state index contributed by atoms with van der Waals surface area (Å²) in [5.41, 5.74) is 2.92. The largest absolute Gasteiger partial charge is 0.394 e. The number of benzene rings is 2. The quantitative estimate of drug-likeness (QED) is 0.348. The van der Waals surface area contributed by atoms with Crippen LogP contribution in [0.25, 0.3) is 26.8 Å². The number of aliphatic hydroxyl groups is 2. The lowest BCUT2D eigenvalue weighted by Crippen LogP contribution is -2.44. The molecule has 2 heterocycles. The van der Waals surface area contributed by atoms with Gasteiger partial charge in [-0.1, -0.05) is 18.2 Å². The van der Waals surface area contributed by atoms with Gasteiger partial charge in [0.25, 0.3) is 5.91 Å². The Labute approximate surface area is 209 Å². The SMILES string of the molecule is CC(=C(C#N)C(=O)NCC(O)CO)c1ccc(-c2ccc3cc(N4CCN(C)CC4)ccc3c2)s1. The summed E-state index contributed by atoms with van der Waals surface area (Å²) in [4.78, 5) is 19.1. The molecule has 1 aromatic heterocycles. The van der Waals surface area contributed by atoms with Crippen molar-refractivity contribution < 1.29 is 15.0 Å². The summed E-state index contributed by atoms with van der Waals surface area (Å²) in [6.45, 7) is 5.40. The number of allylic oxidation sites excluding steroid dienone is 1. The molecule has 1 fully saturated rings. The number of nitrogens with zero attached hydrogens (tertiary/aromatic N) is 3. The number of aliphatic hydroxyl groups excluding tert-OH is 2. The molecule has 0 aliphatic carbocycles. The smallest absolute Gasteiger partial charge is 0.262 e. The third-order valence-electron chi connectivity index (χ3n) is 6.38. The van der Waals surface area contributed by atoms with E-state index in [0.717, 1.165) is 41.5 Å². The minimum absolute atomic E-state index is 0.00140. The van der Waals surface area contributed by atoms with Crippen LogP contribution in [0.4, 0.5) is 5.69 Å². The van der Waals surface area contributed by atoms with E-state index >= 15 is 0 Å². The number of anilines is 1. The van der Waals surface area contributed by atoms with Crippen molar-refractivity contribution in [2.24, 2.45) is 0 Å². The molecule has 35 heavy (non-hydrogen) atoms. The van der Waals surface area contributed by atoms with Crippen molar-refractivity contribution in [3.05, 3.63) is 59.0 Å². The Morgan fingerprint density at radius 3 is 2.54 bits per heavy atom. The van der Waals surface area contributed by atoms with E-state index in [-0.39, 0.29) is 12.1 Å². The van der Waals surface area contributed by atoms with Crippen LogP contribution in [0, 0.1) is 11.3 Å². The first-order valence-corrected chi connectivity index (χ1v) is 12.5. The Balaban J connectivity index is 1.54. The van der Waals surface area contributed by atoms with Crippen molar-refractivity contribution in [1.29, 1.82) is 5.26 Å². The number of likely N-dealkylation sites (N-methyl/N-ethyl adjacent to an activating group) is 1. The van der Waals surface area contributed by atoms with Gasteiger partial charge in [0.1, 0.15) is 11.6 Å². The maximum atomic E-state index is 12.4. The van der Waals surface area contributed by atoms with Crippen molar-refractivity contribution >= 4 is 39.3 Å². The lowest BCUT2D eigenvalue weighted by Gasteiger charge is -2.34.